The summed E-state index contributed by atoms with van der Waals surface area (Å²) in [7, 11) is 1.61. The maximum atomic E-state index is 12.5. The highest BCUT2D eigenvalue weighted by molar-refractivity contribution is 6.16. The molecule has 0 saturated heterocycles. The standard InChI is InChI=1S/C17H14N2O2/c1-19-15(11-12-7-3-2-4-8-12)16(20)18-14-10-6-5-9-13(14)17(19)21/h2-11H,1H3,(H,18,20)/b15-11-. The van der Waals surface area contributed by atoms with Gasteiger partial charge in [-0.2, -0.15) is 0 Å². The number of fused-ring (bicyclic) bond motifs is 1. The number of benzene rings is 2. The number of anilines is 1. The molecule has 21 heavy (non-hydrogen) atoms. The molecule has 4 heteroatoms. The van der Waals surface area contributed by atoms with Crippen LogP contribution in [0.25, 0.3) is 6.08 Å². The Morgan fingerprint density at radius 2 is 1.62 bits per heavy atom. The number of nitrogens with zero attached hydrogens (tertiary/aromatic N) is 1. The van der Waals surface area contributed by atoms with Crippen molar-refractivity contribution in [2.75, 3.05) is 12.4 Å². The van der Waals surface area contributed by atoms with Gasteiger partial charge in [-0.25, -0.2) is 0 Å². The summed E-state index contributed by atoms with van der Waals surface area (Å²) in [6.45, 7) is 0. The Kier molecular flexibility index (Phi) is 3.28. The van der Waals surface area contributed by atoms with E-state index >= 15 is 0 Å². The molecule has 0 fully saturated rings. The summed E-state index contributed by atoms with van der Waals surface area (Å²) >= 11 is 0. The fourth-order valence-corrected chi connectivity index (χ4v) is 2.28. The Balaban J connectivity index is 2.07. The smallest absolute Gasteiger partial charge is 0.272 e. The van der Waals surface area contributed by atoms with Crippen LogP contribution in [0.3, 0.4) is 0 Å². The van der Waals surface area contributed by atoms with Crippen molar-refractivity contribution in [2.24, 2.45) is 0 Å². The fourth-order valence-electron chi connectivity index (χ4n) is 2.28. The third-order valence-corrected chi connectivity index (χ3v) is 3.41. The summed E-state index contributed by atoms with van der Waals surface area (Å²) in [5.41, 5.74) is 2.22. The number of likely N-dealkylation sites (N-methyl/N-ethyl adjacent to an activating group) is 1. The summed E-state index contributed by atoms with van der Waals surface area (Å²) in [4.78, 5) is 26.2. The summed E-state index contributed by atoms with van der Waals surface area (Å²) in [5, 5.41) is 2.78. The average molecular weight is 278 g/mol. The highest BCUT2D eigenvalue weighted by Gasteiger charge is 2.27. The molecule has 0 bridgehead atoms. The number of amides is 2. The lowest BCUT2D eigenvalue weighted by atomic mass is 10.1. The minimum atomic E-state index is -0.292. The van der Waals surface area contributed by atoms with E-state index in [2.05, 4.69) is 5.32 Å². The molecule has 3 rings (SSSR count). The zero-order valence-electron chi connectivity index (χ0n) is 11.5. The van der Waals surface area contributed by atoms with Crippen molar-refractivity contribution in [1.82, 2.24) is 4.90 Å². The molecule has 1 N–H and O–H groups in total. The van der Waals surface area contributed by atoms with Crippen molar-refractivity contribution in [1.29, 1.82) is 0 Å². The van der Waals surface area contributed by atoms with Crippen molar-refractivity contribution in [3.8, 4) is 0 Å². The van der Waals surface area contributed by atoms with E-state index in [0.29, 0.717) is 16.9 Å². The van der Waals surface area contributed by atoms with Crippen LogP contribution in [0.2, 0.25) is 0 Å². The lowest BCUT2D eigenvalue weighted by Crippen LogP contribution is -2.29. The van der Waals surface area contributed by atoms with Gasteiger partial charge in [0.1, 0.15) is 5.70 Å². The van der Waals surface area contributed by atoms with E-state index < -0.39 is 0 Å². The largest absolute Gasteiger partial charge is 0.320 e. The van der Waals surface area contributed by atoms with Gasteiger partial charge in [0, 0.05) is 7.05 Å². The first-order valence-electron chi connectivity index (χ1n) is 6.62. The van der Waals surface area contributed by atoms with Gasteiger partial charge >= 0.3 is 0 Å². The quantitative estimate of drug-likeness (QED) is 0.815. The van der Waals surface area contributed by atoms with E-state index in [9.17, 15) is 9.59 Å². The maximum absolute atomic E-state index is 12.5. The Labute approximate surface area is 122 Å². The van der Waals surface area contributed by atoms with Gasteiger partial charge in [0.05, 0.1) is 11.3 Å². The van der Waals surface area contributed by atoms with Crippen LogP contribution >= 0.6 is 0 Å². The lowest BCUT2D eigenvalue weighted by molar-refractivity contribution is -0.113. The second kappa shape index (κ2) is 5.25. The summed E-state index contributed by atoms with van der Waals surface area (Å²) < 4.78 is 0. The van der Waals surface area contributed by atoms with Crippen LogP contribution in [0.4, 0.5) is 5.69 Å². The molecular formula is C17H14N2O2. The highest BCUT2D eigenvalue weighted by Crippen LogP contribution is 2.24. The van der Waals surface area contributed by atoms with Gasteiger partial charge in [-0.3, -0.25) is 9.59 Å². The normalized spacial score (nSPS) is 16.4. The van der Waals surface area contributed by atoms with Gasteiger partial charge < -0.3 is 10.2 Å². The molecule has 4 nitrogen and oxygen atoms in total. The van der Waals surface area contributed by atoms with Gasteiger partial charge in [-0.1, -0.05) is 42.5 Å². The van der Waals surface area contributed by atoms with Crippen LogP contribution in [0, 0.1) is 0 Å². The van der Waals surface area contributed by atoms with Gasteiger partial charge in [0.25, 0.3) is 11.8 Å². The van der Waals surface area contributed by atoms with Crippen LogP contribution in [0.1, 0.15) is 15.9 Å². The topological polar surface area (TPSA) is 49.4 Å². The molecule has 2 aromatic rings. The number of carbonyl (C=O) groups excluding carboxylic acids is 2. The number of hydrogen-bond acceptors (Lipinski definition) is 2. The van der Waals surface area contributed by atoms with Crippen LogP contribution in [0.15, 0.2) is 60.3 Å². The average Bonchev–Trinajstić information content (AvgIpc) is 2.60. The summed E-state index contributed by atoms with van der Waals surface area (Å²) in [6, 6.07) is 16.5. The molecular weight excluding hydrogens is 264 g/mol. The SMILES string of the molecule is CN1C(=O)c2ccccc2NC(=O)/C1=C/c1ccccc1. The van der Waals surface area contributed by atoms with E-state index in [1.807, 2.05) is 30.3 Å². The first-order valence-corrected chi connectivity index (χ1v) is 6.62. The molecule has 0 aliphatic carbocycles. The van der Waals surface area contributed by atoms with Gasteiger partial charge in [0.2, 0.25) is 0 Å². The first kappa shape index (κ1) is 13.1. The minimum Gasteiger partial charge on any atom is -0.320 e. The number of rotatable bonds is 1. The molecule has 0 unspecified atom stereocenters. The van der Waals surface area contributed by atoms with Crippen molar-refractivity contribution in [3.63, 3.8) is 0 Å². The van der Waals surface area contributed by atoms with Crippen LogP contribution in [0.5, 0.6) is 0 Å². The van der Waals surface area contributed by atoms with Crippen molar-refractivity contribution >= 4 is 23.6 Å². The predicted octanol–water partition coefficient (Wildman–Crippen LogP) is 2.75. The third kappa shape index (κ3) is 2.43. The van der Waals surface area contributed by atoms with Crippen molar-refractivity contribution in [2.45, 2.75) is 0 Å². The Morgan fingerprint density at radius 3 is 2.38 bits per heavy atom. The minimum absolute atomic E-state index is 0.203. The maximum Gasteiger partial charge on any atom is 0.272 e. The van der Waals surface area contributed by atoms with Crippen LogP contribution < -0.4 is 5.32 Å². The fraction of sp³-hybridized carbons (Fsp3) is 0.0588. The number of para-hydroxylation sites is 1. The molecule has 2 amide bonds. The molecule has 104 valence electrons. The monoisotopic (exact) mass is 278 g/mol. The highest BCUT2D eigenvalue weighted by atomic mass is 16.2. The van der Waals surface area contributed by atoms with Crippen molar-refractivity contribution < 1.29 is 9.59 Å². The van der Waals surface area contributed by atoms with Gasteiger partial charge in [-0.15, -0.1) is 0 Å². The van der Waals surface area contributed by atoms with Gasteiger partial charge in [-0.05, 0) is 23.8 Å². The number of carbonyl (C=O) groups is 2. The summed E-state index contributed by atoms with van der Waals surface area (Å²) in [6.07, 6.45) is 1.71. The van der Waals surface area contributed by atoms with Crippen molar-refractivity contribution in [3.05, 3.63) is 71.4 Å². The molecule has 0 saturated carbocycles. The Morgan fingerprint density at radius 1 is 0.952 bits per heavy atom. The summed E-state index contributed by atoms with van der Waals surface area (Å²) in [5.74, 6) is -0.495. The molecule has 0 spiro atoms. The van der Waals surface area contributed by atoms with E-state index in [1.165, 1.54) is 4.90 Å². The van der Waals surface area contributed by atoms with E-state index in [4.69, 9.17) is 0 Å². The predicted molar refractivity (Wildman–Crippen MR) is 81.6 cm³/mol. The van der Waals surface area contributed by atoms with Gasteiger partial charge in [0.15, 0.2) is 0 Å². The van der Waals surface area contributed by atoms with Crippen LogP contribution in [-0.2, 0) is 4.79 Å². The molecule has 0 atom stereocenters. The molecule has 2 aromatic carbocycles. The molecule has 0 aromatic heterocycles. The van der Waals surface area contributed by atoms with E-state index in [1.54, 1.807) is 37.4 Å². The number of nitrogens with one attached hydrogen (secondary N) is 1. The zero-order valence-corrected chi connectivity index (χ0v) is 11.5. The Hall–Kier alpha value is -2.88. The molecule has 1 aliphatic rings. The molecule has 1 aliphatic heterocycles. The molecule has 1 heterocycles. The third-order valence-electron chi connectivity index (χ3n) is 3.41. The van der Waals surface area contributed by atoms with E-state index in [-0.39, 0.29) is 11.8 Å². The second-order valence-corrected chi connectivity index (χ2v) is 4.80. The molecule has 0 radical (unpaired) electrons. The zero-order chi connectivity index (χ0) is 14.8. The number of hydrogen-bond donors (Lipinski definition) is 1. The van der Waals surface area contributed by atoms with Crippen LogP contribution in [-0.4, -0.2) is 23.8 Å². The lowest BCUT2D eigenvalue weighted by Gasteiger charge is -2.16. The second-order valence-electron chi connectivity index (χ2n) is 4.80. The Bertz CT molecular complexity index is 735. The van der Waals surface area contributed by atoms with E-state index in [0.717, 1.165) is 5.56 Å². The first-order chi connectivity index (χ1) is 10.2.